The number of nitrogens with one attached hydrogen (secondary N) is 1. The molecule has 1 aromatic carbocycles. The first-order valence-electron chi connectivity index (χ1n) is 7.83. The van der Waals surface area contributed by atoms with E-state index in [2.05, 4.69) is 15.4 Å². The van der Waals surface area contributed by atoms with Gasteiger partial charge in [-0.3, -0.25) is 9.78 Å². The van der Waals surface area contributed by atoms with Crippen LogP contribution in [0.1, 0.15) is 18.5 Å². The zero-order chi connectivity index (χ0) is 17.4. The van der Waals surface area contributed by atoms with E-state index in [4.69, 9.17) is 11.6 Å². The number of benzene rings is 1. The highest BCUT2D eigenvalue weighted by Crippen LogP contribution is 2.48. The van der Waals surface area contributed by atoms with Gasteiger partial charge >= 0.3 is 0 Å². The molecule has 3 aromatic rings. The molecule has 0 saturated heterocycles. The zero-order valence-electron chi connectivity index (χ0n) is 13.1. The molecule has 2 aromatic heterocycles. The molecule has 7 heteroatoms. The predicted molar refractivity (Wildman–Crippen MR) is 92.3 cm³/mol. The van der Waals surface area contributed by atoms with Gasteiger partial charge in [-0.05, 0) is 43.2 Å². The van der Waals surface area contributed by atoms with Gasteiger partial charge in [0.2, 0.25) is 5.91 Å². The summed E-state index contributed by atoms with van der Waals surface area (Å²) in [5.41, 5.74) is 0.0808. The molecule has 0 unspecified atom stereocenters. The van der Waals surface area contributed by atoms with Crippen molar-refractivity contribution < 1.29 is 9.18 Å². The maximum atomic E-state index is 14.0. The smallest absolute Gasteiger partial charge is 0.237 e. The van der Waals surface area contributed by atoms with Gasteiger partial charge in [0.15, 0.2) is 5.82 Å². The SMILES string of the molecule is O=C(Nc1ccn(-c2cccc(Cl)c2)n1)C1(c2ncccc2F)CC1. The van der Waals surface area contributed by atoms with E-state index in [1.54, 1.807) is 29.1 Å². The van der Waals surface area contributed by atoms with E-state index < -0.39 is 11.2 Å². The lowest BCUT2D eigenvalue weighted by Crippen LogP contribution is -2.29. The second-order valence-electron chi connectivity index (χ2n) is 6.00. The average Bonchev–Trinajstić information content (AvgIpc) is 3.28. The third kappa shape index (κ3) is 2.89. The van der Waals surface area contributed by atoms with Gasteiger partial charge in [0.1, 0.15) is 5.82 Å². The van der Waals surface area contributed by atoms with E-state index in [-0.39, 0.29) is 11.6 Å². The summed E-state index contributed by atoms with van der Waals surface area (Å²) in [5, 5.41) is 7.69. The molecule has 0 aliphatic heterocycles. The molecular formula is C18H14ClFN4O. The molecule has 1 saturated carbocycles. The summed E-state index contributed by atoms with van der Waals surface area (Å²) in [6.45, 7) is 0. The first kappa shape index (κ1) is 15.8. The van der Waals surface area contributed by atoms with Crippen LogP contribution in [0.3, 0.4) is 0 Å². The lowest BCUT2D eigenvalue weighted by atomic mass is 10.00. The fraction of sp³-hybridized carbons (Fsp3) is 0.167. The molecule has 25 heavy (non-hydrogen) atoms. The Morgan fingerprint density at radius 1 is 1.24 bits per heavy atom. The fourth-order valence-electron chi connectivity index (χ4n) is 2.82. The third-order valence-corrected chi connectivity index (χ3v) is 4.53. The monoisotopic (exact) mass is 356 g/mol. The molecule has 0 spiro atoms. The highest BCUT2D eigenvalue weighted by molar-refractivity contribution is 6.30. The Hall–Kier alpha value is -2.73. The minimum atomic E-state index is -0.898. The maximum absolute atomic E-state index is 14.0. The Bertz CT molecular complexity index is 952. The molecule has 5 nitrogen and oxygen atoms in total. The normalized spacial score (nSPS) is 15.0. The first-order chi connectivity index (χ1) is 12.1. The van der Waals surface area contributed by atoms with E-state index in [0.29, 0.717) is 23.7 Å². The Labute approximate surface area is 148 Å². The van der Waals surface area contributed by atoms with Crippen molar-refractivity contribution in [3.8, 4) is 5.69 Å². The van der Waals surface area contributed by atoms with Crippen LogP contribution in [-0.2, 0) is 10.2 Å². The van der Waals surface area contributed by atoms with Gasteiger partial charge in [-0.2, -0.15) is 5.10 Å². The summed E-state index contributed by atoms with van der Waals surface area (Å²) in [6.07, 6.45) is 4.37. The molecule has 1 fully saturated rings. The molecule has 1 N–H and O–H groups in total. The van der Waals surface area contributed by atoms with Crippen molar-refractivity contribution in [3.63, 3.8) is 0 Å². The van der Waals surface area contributed by atoms with Crippen molar-refractivity contribution >= 4 is 23.3 Å². The minimum Gasteiger partial charge on any atom is -0.308 e. The van der Waals surface area contributed by atoms with Gasteiger partial charge in [0.25, 0.3) is 0 Å². The Morgan fingerprint density at radius 2 is 2.08 bits per heavy atom. The van der Waals surface area contributed by atoms with Crippen molar-refractivity contribution in [3.05, 3.63) is 71.4 Å². The van der Waals surface area contributed by atoms with E-state index in [9.17, 15) is 9.18 Å². The van der Waals surface area contributed by atoms with Crippen LogP contribution in [-0.4, -0.2) is 20.7 Å². The number of hydrogen-bond donors (Lipinski definition) is 1. The van der Waals surface area contributed by atoms with E-state index in [1.807, 2.05) is 12.1 Å². The fourth-order valence-corrected chi connectivity index (χ4v) is 3.01. The van der Waals surface area contributed by atoms with Crippen molar-refractivity contribution in [2.45, 2.75) is 18.3 Å². The number of rotatable bonds is 4. The molecule has 0 atom stereocenters. The second-order valence-corrected chi connectivity index (χ2v) is 6.43. The van der Waals surface area contributed by atoms with Crippen LogP contribution in [0.4, 0.5) is 10.2 Å². The van der Waals surface area contributed by atoms with Gasteiger partial charge in [0, 0.05) is 23.5 Å². The Morgan fingerprint density at radius 3 is 2.80 bits per heavy atom. The number of carbonyl (C=O) groups excluding carboxylic acids is 1. The summed E-state index contributed by atoms with van der Waals surface area (Å²) in [4.78, 5) is 16.7. The van der Waals surface area contributed by atoms with Gasteiger partial charge in [-0.15, -0.1) is 0 Å². The quantitative estimate of drug-likeness (QED) is 0.774. The van der Waals surface area contributed by atoms with E-state index >= 15 is 0 Å². The number of nitrogens with zero attached hydrogens (tertiary/aromatic N) is 3. The molecule has 4 rings (SSSR count). The van der Waals surface area contributed by atoms with Crippen LogP contribution in [0.5, 0.6) is 0 Å². The molecule has 1 aliphatic carbocycles. The van der Waals surface area contributed by atoms with Crippen molar-refractivity contribution in [1.29, 1.82) is 0 Å². The molecule has 126 valence electrons. The molecular weight excluding hydrogens is 343 g/mol. The van der Waals surface area contributed by atoms with Gasteiger partial charge in [-0.25, -0.2) is 9.07 Å². The molecule has 2 heterocycles. The average molecular weight is 357 g/mol. The molecule has 1 aliphatic rings. The summed E-state index contributed by atoms with van der Waals surface area (Å²) in [6, 6.07) is 11.7. The highest BCUT2D eigenvalue weighted by atomic mass is 35.5. The maximum Gasteiger partial charge on any atom is 0.237 e. The van der Waals surface area contributed by atoms with Crippen LogP contribution in [0, 0.1) is 5.82 Å². The number of pyridine rings is 1. The molecule has 1 amide bonds. The van der Waals surface area contributed by atoms with Gasteiger partial charge in [-0.1, -0.05) is 17.7 Å². The number of halogens is 2. The van der Waals surface area contributed by atoms with Crippen LogP contribution >= 0.6 is 11.6 Å². The van der Waals surface area contributed by atoms with Gasteiger partial charge in [0.05, 0.1) is 16.8 Å². The molecule has 0 radical (unpaired) electrons. The van der Waals surface area contributed by atoms with Crippen LogP contribution in [0.2, 0.25) is 5.02 Å². The minimum absolute atomic E-state index is 0.196. The molecule has 0 bridgehead atoms. The van der Waals surface area contributed by atoms with Crippen molar-refractivity contribution in [1.82, 2.24) is 14.8 Å². The predicted octanol–water partition coefficient (Wildman–Crippen LogP) is 3.73. The van der Waals surface area contributed by atoms with Crippen LogP contribution in [0.15, 0.2) is 54.9 Å². The largest absolute Gasteiger partial charge is 0.308 e. The summed E-state index contributed by atoms with van der Waals surface area (Å²) < 4.78 is 15.6. The lowest BCUT2D eigenvalue weighted by molar-refractivity contribution is -0.118. The van der Waals surface area contributed by atoms with Crippen LogP contribution < -0.4 is 5.32 Å². The zero-order valence-corrected chi connectivity index (χ0v) is 13.9. The highest BCUT2D eigenvalue weighted by Gasteiger charge is 2.54. The summed E-state index contributed by atoms with van der Waals surface area (Å²) in [5.74, 6) is -0.353. The third-order valence-electron chi connectivity index (χ3n) is 4.30. The standard InChI is InChI=1S/C18H14ClFN4O/c19-12-3-1-4-13(11-12)24-10-6-15(23-24)22-17(25)18(7-8-18)16-14(20)5-2-9-21-16/h1-6,9-11H,7-8H2,(H,22,23,25). The van der Waals surface area contributed by atoms with E-state index in [0.717, 1.165) is 5.69 Å². The van der Waals surface area contributed by atoms with Crippen molar-refractivity contribution in [2.75, 3.05) is 5.32 Å². The van der Waals surface area contributed by atoms with E-state index in [1.165, 1.54) is 18.3 Å². The summed E-state index contributed by atoms with van der Waals surface area (Å²) >= 11 is 5.98. The number of carbonyl (C=O) groups is 1. The first-order valence-corrected chi connectivity index (χ1v) is 8.20. The lowest BCUT2D eigenvalue weighted by Gasteiger charge is -2.14. The van der Waals surface area contributed by atoms with Crippen molar-refractivity contribution in [2.24, 2.45) is 0 Å². The number of aromatic nitrogens is 3. The van der Waals surface area contributed by atoms with Crippen LogP contribution in [0.25, 0.3) is 5.69 Å². The van der Waals surface area contributed by atoms with Gasteiger partial charge < -0.3 is 5.32 Å². The number of amides is 1. The Kier molecular flexibility index (Phi) is 3.77. The number of anilines is 1. The Balaban J connectivity index is 1.55. The second kappa shape index (κ2) is 5.97. The topological polar surface area (TPSA) is 59.8 Å². The summed E-state index contributed by atoms with van der Waals surface area (Å²) in [7, 11) is 0. The number of hydrogen-bond acceptors (Lipinski definition) is 3.